The maximum atomic E-state index is 12.4. The van der Waals surface area contributed by atoms with Gasteiger partial charge in [-0.15, -0.1) is 0 Å². The van der Waals surface area contributed by atoms with Gasteiger partial charge in [0, 0.05) is 18.0 Å². The number of amides is 1. The van der Waals surface area contributed by atoms with Crippen molar-refractivity contribution in [2.45, 2.75) is 19.8 Å². The fourth-order valence-corrected chi connectivity index (χ4v) is 3.20. The maximum absolute atomic E-state index is 12.4. The van der Waals surface area contributed by atoms with Crippen molar-refractivity contribution in [3.63, 3.8) is 0 Å². The number of nitrogens with zero attached hydrogens (tertiary/aromatic N) is 2. The number of halogens is 1. The molecule has 1 amide bonds. The smallest absolute Gasteiger partial charge is 0.248 e. The quantitative estimate of drug-likeness (QED) is 0.386. The predicted octanol–water partition coefficient (Wildman–Crippen LogP) is 6.32. The Morgan fingerprint density at radius 2 is 1.93 bits per heavy atom. The van der Waals surface area contributed by atoms with Crippen LogP contribution in [0.15, 0.2) is 71.3 Å². The van der Waals surface area contributed by atoms with E-state index in [1.807, 2.05) is 12.1 Å². The Hall–Kier alpha value is -3.44. The van der Waals surface area contributed by atoms with E-state index in [1.54, 1.807) is 42.6 Å². The Bertz CT molecular complexity index is 1190. The van der Waals surface area contributed by atoms with E-state index in [4.69, 9.17) is 16.0 Å². The van der Waals surface area contributed by atoms with Gasteiger partial charge in [0.05, 0.1) is 10.6 Å². The summed E-state index contributed by atoms with van der Waals surface area (Å²) in [7, 11) is 0. The van der Waals surface area contributed by atoms with E-state index in [1.165, 1.54) is 11.6 Å². The number of nitrogens with one attached hydrogen (secondary N) is 1. The zero-order chi connectivity index (χ0) is 21.1. The van der Waals surface area contributed by atoms with Crippen LogP contribution in [0.4, 0.5) is 5.69 Å². The summed E-state index contributed by atoms with van der Waals surface area (Å²) in [4.78, 5) is 20.9. The molecule has 2 aromatic heterocycles. The average Bonchev–Trinajstić information content (AvgIpc) is 3.18. The number of rotatable bonds is 5. The van der Waals surface area contributed by atoms with Gasteiger partial charge in [-0.3, -0.25) is 4.79 Å². The number of aromatic nitrogens is 2. The van der Waals surface area contributed by atoms with Gasteiger partial charge in [-0.05, 0) is 53.5 Å². The normalized spacial score (nSPS) is 11.5. The molecule has 0 spiro atoms. The summed E-state index contributed by atoms with van der Waals surface area (Å²) in [5.74, 6) is 0.587. The third kappa shape index (κ3) is 4.42. The number of carbonyl (C=O) groups is 1. The van der Waals surface area contributed by atoms with Gasteiger partial charge in [-0.1, -0.05) is 49.7 Å². The molecule has 4 aromatic rings. The van der Waals surface area contributed by atoms with Crippen LogP contribution >= 0.6 is 11.6 Å². The van der Waals surface area contributed by atoms with E-state index in [0.29, 0.717) is 39.3 Å². The second kappa shape index (κ2) is 8.51. The van der Waals surface area contributed by atoms with Crippen LogP contribution in [-0.2, 0) is 4.79 Å². The van der Waals surface area contributed by atoms with Crippen molar-refractivity contribution in [1.82, 2.24) is 9.97 Å². The monoisotopic (exact) mass is 417 g/mol. The SMILES string of the molecule is CC(C)c1ccc(/C=C/C(=O)Nc2ccc(Cl)c(-c3nc4ncccc4o3)c2)cc1. The summed E-state index contributed by atoms with van der Waals surface area (Å²) in [6, 6.07) is 16.9. The molecule has 0 radical (unpaired) electrons. The molecule has 2 aromatic carbocycles. The highest BCUT2D eigenvalue weighted by molar-refractivity contribution is 6.33. The number of hydrogen-bond acceptors (Lipinski definition) is 4. The fourth-order valence-electron chi connectivity index (χ4n) is 3.00. The van der Waals surface area contributed by atoms with Gasteiger partial charge in [0.1, 0.15) is 0 Å². The summed E-state index contributed by atoms with van der Waals surface area (Å²) >= 11 is 6.32. The molecule has 30 heavy (non-hydrogen) atoms. The summed E-state index contributed by atoms with van der Waals surface area (Å²) in [5, 5.41) is 3.32. The number of hydrogen-bond donors (Lipinski definition) is 1. The molecule has 0 aliphatic heterocycles. The number of benzene rings is 2. The van der Waals surface area contributed by atoms with Crippen LogP contribution in [0, 0.1) is 0 Å². The van der Waals surface area contributed by atoms with E-state index in [-0.39, 0.29) is 5.91 Å². The lowest BCUT2D eigenvalue weighted by Crippen LogP contribution is -2.07. The first-order chi connectivity index (χ1) is 14.5. The van der Waals surface area contributed by atoms with Gasteiger partial charge in [0.2, 0.25) is 11.8 Å². The van der Waals surface area contributed by atoms with Crippen molar-refractivity contribution in [3.8, 4) is 11.5 Å². The first-order valence-corrected chi connectivity index (χ1v) is 9.98. The predicted molar refractivity (Wildman–Crippen MR) is 120 cm³/mol. The van der Waals surface area contributed by atoms with Crippen LogP contribution in [0.2, 0.25) is 5.02 Å². The molecule has 0 saturated carbocycles. The minimum atomic E-state index is -0.240. The molecular weight excluding hydrogens is 398 g/mol. The molecule has 5 nitrogen and oxygen atoms in total. The van der Waals surface area contributed by atoms with Gasteiger partial charge in [0.15, 0.2) is 11.2 Å². The van der Waals surface area contributed by atoms with E-state index < -0.39 is 0 Å². The van der Waals surface area contributed by atoms with Crippen LogP contribution in [0.3, 0.4) is 0 Å². The highest BCUT2D eigenvalue weighted by atomic mass is 35.5. The van der Waals surface area contributed by atoms with Crippen LogP contribution in [0.25, 0.3) is 28.8 Å². The van der Waals surface area contributed by atoms with Crippen molar-refractivity contribution < 1.29 is 9.21 Å². The topological polar surface area (TPSA) is 68.0 Å². The molecule has 0 aliphatic carbocycles. The molecular formula is C24H20ClN3O2. The van der Waals surface area contributed by atoms with E-state index in [9.17, 15) is 4.79 Å². The van der Waals surface area contributed by atoms with Gasteiger partial charge < -0.3 is 9.73 Å². The van der Waals surface area contributed by atoms with E-state index >= 15 is 0 Å². The number of fused-ring (bicyclic) bond motifs is 1. The van der Waals surface area contributed by atoms with Gasteiger partial charge in [-0.25, -0.2) is 4.98 Å². The largest absolute Gasteiger partial charge is 0.434 e. The Morgan fingerprint density at radius 1 is 1.13 bits per heavy atom. The lowest BCUT2D eigenvalue weighted by atomic mass is 10.0. The molecule has 0 saturated heterocycles. The molecule has 0 atom stereocenters. The van der Waals surface area contributed by atoms with Gasteiger partial charge in [-0.2, -0.15) is 4.98 Å². The third-order valence-electron chi connectivity index (χ3n) is 4.66. The minimum Gasteiger partial charge on any atom is -0.434 e. The van der Waals surface area contributed by atoms with Crippen LogP contribution in [-0.4, -0.2) is 15.9 Å². The zero-order valence-corrected chi connectivity index (χ0v) is 17.4. The molecule has 1 N–H and O–H groups in total. The van der Waals surface area contributed by atoms with Crippen molar-refractivity contribution in [3.05, 3.63) is 83.0 Å². The minimum absolute atomic E-state index is 0.240. The van der Waals surface area contributed by atoms with Crippen LogP contribution < -0.4 is 5.32 Å². The number of pyridine rings is 1. The molecule has 4 rings (SSSR count). The Labute approximate surface area is 179 Å². The van der Waals surface area contributed by atoms with Gasteiger partial charge >= 0.3 is 0 Å². The summed E-state index contributed by atoms with van der Waals surface area (Å²) in [5.41, 5.74) is 4.48. The van der Waals surface area contributed by atoms with E-state index in [0.717, 1.165) is 5.56 Å². The number of oxazole rings is 1. The average molecular weight is 418 g/mol. The van der Waals surface area contributed by atoms with Crippen molar-refractivity contribution in [1.29, 1.82) is 0 Å². The highest BCUT2D eigenvalue weighted by Gasteiger charge is 2.13. The third-order valence-corrected chi connectivity index (χ3v) is 4.99. The molecule has 150 valence electrons. The molecule has 0 aliphatic rings. The maximum Gasteiger partial charge on any atom is 0.248 e. The molecule has 2 heterocycles. The van der Waals surface area contributed by atoms with Gasteiger partial charge in [0.25, 0.3) is 0 Å². The van der Waals surface area contributed by atoms with Crippen LogP contribution in [0.1, 0.15) is 30.9 Å². The first-order valence-electron chi connectivity index (χ1n) is 9.60. The van der Waals surface area contributed by atoms with Crippen LogP contribution in [0.5, 0.6) is 0 Å². The second-order valence-electron chi connectivity index (χ2n) is 7.18. The second-order valence-corrected chi connectivity index (χ2v) is 7.59. The standard InChI is InChI=1S/C24H20ClN3O2/c1-15(2)17-8-5-16(6-9-17)7-12-22(29)27-18-10-11-20(25)19(14-18)24-28-23-21(30-24)4-3-13-26-23/h3-15H,1-2H3,(H,27,29)/b12-7+. The fraction of sp³-hybridized carbons (Fsp3) is 0.125. The first kappa shape index (κ1) is 19.9. The lowest BCUT2D eigenvalue weighted by molar-refractivity contribution is -0.111. The summed E-state index contributed by atoms with van der Waals surface area (Å²) in [6.45, 7) is 4.30. The van der Waals surface area contributed by atoms with Crippen molar-refractivity contribution in [2.75, 3.05) is 5.32 Å². The van der Waals surface area contributed by atoms with Crippen molar-refractivity contribution in [2.24, 2.45) is 0 Å². The van der Waals surface area contributed by atoms with Crippen molar-refractivity contribution >= 4 is 40.5 Å². The Morgan fingerprint density at radius 3 is 2.67 bits per heavy atom. The number of anilines is 1. The summed E-state index contributed by atoms with van der Waals surface area (Å²) < 4.78 is 5.74. The molecule has 6 heteroatoms. The Balaban J connectivity index is 1.50. The lowest BCUT2D eigenvalue weighted by Gasteiger charge is -2.06. The summed E-state index contributed by atoms with van der Waals surface area (Å²) in [6.07, 6.45) is 4.93. The highest BCUT2D eigenvalue weighted by Crippen LogP contribution is 2.31. The molecule has 0 unspecified atom stereocenters. The molecule has 0 fully saturated rings. The molecule has 0 bridgehead atoms. The number of carbonyl (C=O) groups excluding carboxylic acids is 1. The van der Waals surface area contributed by atoms with E-state index in [2.05, 4.69) is 41.3 Å². The zero-order valence-electron chi connectivity index (χ0n) is 16.6. The Kier molecular flexibility index (Phi) is 5.63.